The molecular weight excluding hydrogens is 244 g/mol. The van der Waals surface area contributed by atoms with Gasteiger partial charge in [0.15, 0.2) is 0 Å². The number of carbonyl (C=O) groups is 2. The van der Waals surface area contributed by atoms with E-state index in [1.807, 2.05) is 0 Å². The van der Waals surface area contributed by atoms with E-state index in [1.165, 1.54) is 19.3 Å². The van der Waals surface area contributed by atoms with Gasteiger partial charge in [-0.05, 0) is 18.6 Å². The first-order valence-electron chi connectivity index (χ1n) is 5.09. The van der Waals surface area contributed by atoms with E-state index < -0.39 is 17.9 Å². The van der Waals surface area contributed by atoms with Gasteiger partial charge in [0.05, 0.1) is 5.56 Å². The lowest BCUT2D eigenvalue weighted by Crippen LogP contribution is -2.42. The molecule has 92 valence electrons. The second kappa shape index (κ2) is 5.63. The Morgan fingerprint density at radius 2 is 2.24 bits per heavy atom. The summed E-state index contributed by atoms with van der Waals surface area (Å²) in [5.74, 6) is -1.49. The van der Waals surface area contributed by atoms with Crippen molar-refractivity contribution in [2.24, 2.45) is 0 Å². The molecule has 0 saturated carbocycles. The van der Waals surface area contributed by atoms with Crippen LogP contribution < -0.4 is 0 Å². The number of halogens is 1. The maximum atomic E-state index is 12.0. The van der Waals surface area contributed by atoms with Crippen molar-refractivity contribution >= 4 is 23.5 Å². The van der Waals surface area contributed by atoms with Crippen molar-refractivity contribution in [3.8, 4) is 0 Å². The number of carbonyl (C=O) groups excluding carboxylic acids is 1. The van der Waals surface area contributed by atoms with Crippen molar-refractivity contribution in [1.82, 2.24) is 9.88 Å². The average Bonchev–Trinajstić information content (AvgIpc) is 2.29. The summed E-state index contributed by atoms with van der Waals surface area (Å²) >= 11 is 5.78. The van der Waals surface area contributed by atoms with E-state index in [0.717, 1.165) is 4.90 Å². The lowest BCUT2D eigenvalue weighted by Gasteiger charge is -2.23. The number of amides is 1. The third-order valence-corrected chi connectivity index (χ3v) is 2.75. The molecule has 1 atom stereocenters. The maximum absolute atomic E-state index is 12.0. The van der Waals surface area contributed by atoms with Gasteiger partial charge < -0.3 is 10.0 Å². The summed E-state index contributed by atoms with van der Waals surface area (Å²) in [5, 5.41) is 9.04. The summed E-state index contributed by atoms with van der Waals surface area (Å²) < 4.78 is 0. The number of hydrogen-bond donors (Lipinski definition) is 1. The number of hydrogen-bond acceptors (Lipinski definition) is 3. The van der Waals surface area contributed by atoms with Gasteiger partial charge in [0.2, 0.25) is 0 Å². The fourth-order valence-electron chi connectivity index (χ4n) is 1.49. The molecule has 0 spiro atoms. The van der Waals surface area contributed by atoms with Crippen LogP contribution in [0, 0.1) is 0 Å². The summed E-state index contributed by atoms with van der Waals surface area (Å²) in [4.78, 5) is 27.9. The Bertz CT molecular complexity index is 436. The van der Waals surface area contributed by atoms with Gasteiger partial charge in [-0.2, -0.15) is 0 Å². The largest absolute Gasteiger partial charge is 0.480 e. The molecule has 1 unspecified atom stereocenters. The molecule has 6 heteroatoms. The van der Waals surface area contributed by atoms with Gasteiger partial charge in [-0.1, -0.05) is 18.5 Å². The van der Waals surface area contributed by atoms with E-state index in [4.69, 9.17) is 16.7 Å². The second-order valence-corrected chi connectivity index (χ2v) is 3.88. The van der Waals surface area contributed by atoms with Crippen molar-refractivity contribution in [2.75, 3.05) is 7.05 Å². The van der Waals surface area contributed by atoms with Gasteiger partial charge in [-0.15, -0.1) is 0 Å². The molecule has 0 aliphatic heterocycles. The van der Waals surface area contributed by atoms with Crippen molar-refractivity contribution in [1.29, 1.82) is 0 Å². The summed E-state index contributed by atoms with van der Waals surface area (Å²) in [7, 11) is 1.44. The number of carboxylic acids is 1. The van der Waals surface area contributed by atoms with Gasteiger partial charge in [-0.3, -0.25) is 4.79 Å². The molecule has 0 aliphatic carbocycles. The zero-order valence-corrected chi connectivity index (χ0v) is 10.3. The normalized spacial score (nSPS) is 11.9. The Labute approximate surface area is 104 Å². The average molecular weight is 257 g/mol. The number of pyridine rings is 1. The minimum Gasteiger partial charge on any atom is -0.480 e. The number of aromatic nitrogens is 1. The Hall–Kier alpha value is -1.62. The van der Waals surface area contributed by atoms with Crippen LogP contribution in [0.15, 0.2) is 18.3 Å². The third-order valence-electron chi connectivity index (χ3n) is 2.45. The van der Waals surface area contributed by atoms with E-state index in [0.29, 0.717) is 6.42 Å². The van der Waals surface area contributed by atoms with Gasteiger partial charge >= 0.3 is 5.97 Å². The predicted octanol–water partition coefficient (Wildman–Crippen LogP) is 1.67. The lowest BCUT2D eigenvalue weighted by atomic mass is 10.1. The van der Waals surface area contributed by atoms with Crippen LogP contribution in [-0.4, -0.2) is 40.0 Å². The zero-order chi connectivity index (χ0) is 13.0. The van der Waals surface area contributed by atoms with Gasteiger partial charge in [-0.25, -0.2) is 9.78 Å². The van der Waals surface area contributed by atoms with E-state index in [9.17, 15) is 9.59 Å². The van der Waals surface area contributed by atoms with Crippen molar-refractivity contribution in [3.63, 3.8) is 0 Å². The minimum absolute atomic E-state index is 0.0737. The molecule has 0 aromatic carbocycles. The Balaban J connectivity index is 2.98. The molecule has 0 radical (unpaired) electrons. The molecule has 0 aliphatic rings. The first-order valence-corrected chi connectivity index (χ1v) is 5.47. The van der Waals surface area contributed by atoms with E-state index >= 15 is 0 Å². The number of carboxylic acid groups (broad SMARTS) is 1. The van der Waals surface area contributed by atoms with E-state index in [-0.39, 0.29) is 10.7 Å². The maximum Gasteiger partial charge on any atom is 0.326 e. The van der Waals surface area contributed by atoms with Crippen LogP contribution in [0.4, 0.5) is 0 Å². The fourth-order valence-corrected chi connectivity index (χ4v) is 1.69. The second-order valence-electron chi connectivity index (χ2n) is 3.52. The van der Waals surface area contributed by atoms with Gasteiger partial charge in [0, 0.05) is 13.2 Å². The molecule has 0 saturated heterocycles. The Morgan fingerprint density at radius 1 is 1.59 bits per heavy atom. The third kappa shape index (κ3) is 2.94. The van der Waals surface area contributed by atoms with Crippen molar-refractivity contribution in [2.45, 2.75) is 19.4 Å². The summed E-state index contributed by atoms with van der Waals surface area (Å²) in [6, 6.07) is 2.23. The molecule has 1 N–H and O–H groups in total. The predicted molar refractivity (Wildman–Crippen MR) is 63.1 cm³/mol. The molecule has 17 heavy (non-hydrogen) atoms. The van der Waals surface area contributed by atoms with Crippen molar-refractivity contribution in [3.05, 3.63) is 29.0 Å². The van der Waals surface area contributed by atoms with Crippen LogP contribution in [0.3, 0.4) is 0 Å². The molecule has 0 bridgehead atoms. The van der Waals surface area contributed by atoms with E-state index in [1.54, 1.807) is 13.0 Å². The number of rotatable bonds is 4. The van der Waals surface area contributed by atoms with Crippen LogP contribution in [0.5, 0.6) is 0 Å². The fraction of sp³-hybridized carbons (Fsp3) is 0.364. The summed E-state index contributed by atoms with van der Waals surface area (Å²) in [5.41, 5.74) is 0.205. The molecule has 5 nitrogen and oxygen atoms in total. The van der Waals surface area contributed by atoms with Gasteiger partial charge in [0.1, 0.15) is 11.2 Å². The highest BCUT2D eigenvalue weighted by Gasteiger charge is 2.26. The Kier molecular flexibility index (Phi) is 4.45. The molecule has 1 amide bonds. The SMILES string of the molecule is CCC(C(=O)O)N(C)C(=O)c1cccnc1Cl. The first-order chi connectivity index (χ1) is 7.99. The molecule has 1 rings (SSSR count). The van der Waals surface area contributed by atoms with Crippen LogP contribution >= 0.6 is 11.6 Å². The van der Waals surface area contributed by atoms with E-state index in [2.05, 4.69) is 4.98 Å². The number of aliphatic carboxylic acids is 1. The Morgan fingerprint density at radius 3 is 2.71 bits per heavy atom. The minimum atomic E-state index is -1.04. The first kappa shape index (κ1) is 13.4. The number of likely N-dealkylation sites (N-methyl/N-ethyl adjacent to an activating group) is 1. The summed E-state index contributed by atoms with van der Waals surface area (Å²) in [6.45, 7) is 1.70. The smallest absolute Gasteiger partial charge is 0.326 e. The van der Waals surface area contributed by atoms with Crippen LogP contribution in [-0.2, 0) is 4.79 Å². The highest BCUT2D eigenvalue weighted by atomic mass is 35.5. The standard InChI is InChI=1S/C11H13ClN2O3/c1-3-8(11(16)17)14(2)10(15)7-5-4-6-13-9(7)12/h4-6,8H,3H2,1-2H3,(H,16,17). The number of nitrogens with zero attached hydrogens (tertiary/aromatic N) is 2. The summed E-state index contributed by atoms with van der Waals surface area (Å²) in [6.07, 6.45) is 1.79. The molecular formula is C11H13ClN2O3. The highest BCUT2D eigenvalue weighted by Crippen LogP contribution is 2.15. The highest BCUT2D eigenvalue weighted by molar-refractivity contribution is 6.32. The van der Waals surface area contributed by atoms with Crippen LogP contribution in [0.2, 0.25) is 5.15 Å². The van der Waals surface area contributed by atoms with Crippen molar-refractivity contribution < 1.29 is 14.7 Å². The topological polar surface area (TPSA) is 70.5 Å². The monoisotopic (exact) mass is 256 g/mol. The molecule has 1 aromatic heterocycles. The lowest BCUT2D eigenvalue weighted by molar-refractivity contribution is -0.142. The van der Waals surface area contributed by atoms with Crippen LogP contribution in [0.25, 0.3) is 0 Å². The van der Waals surface area contributed by atoms with Crippen LogP contribution in [0.1, 0.15) is 23.7 Å². The molecule has 0 fully saturated rings. The zero-order valence-electron chi connectivity index (χ0n) is 9.55. The quantitative estimate of drug-likeness (QED) is 0.832. The molecule has 1 aromatic rings. The van der Waals surface area contributed by atoms with Gasteiger partial charge in [0.25, 0.3) is 5.91 Å². The molecule has 1 heterocycles.